The lowest BCUT2D eigenvalue weighted by molar-refractivity contribution is 0.0526. The van der Waals surface area contributed by atoms with Crippen molar-refractivity contribution in [1.29, 1.82) is 0 Å². The van der Waals surface area contributed by atoms with Crippen molar-refractivity contribution in [2.45, 2.75) is 39.7 Å². The van der Waals surface area contributed by atoms with Crippen molar-refractivity contribution in [3.63, 3.8) is 0 Å². The maximum absolute atomic E-state index is 11.7. The SMILES string of the molecule is CCOC(=O)c1ccc(N)c(O[SiH2]C(C)(C)C(C)C)c1. The molecule has 0 saturated carbocycles. The quantitative estimate of drug-likeness (QED) is 0.498. The molecule has 0 aromatic heterocycles. The number of ether oxygens (including phenoxy) is 1. The number of rotatable bonds is 6. The molecule has 0 fully saturated rings. The Bertz CT molecular complexity index is 472. The maximum Gasteiger partial charge on any atom is 0.338 e. The van der Waals surface area contributed by atoms with Gasteiger partial charge < -0.3 is 14.9 Å². The normalized spacial score (nSPS) is 12.1. The molecule has 0 aliphatic carbocycles. The number of hydrogen-bond donors (Lipinski definition) is 1. The molecule has 0 aliphatic heterocycles. The van der Waals surface area contributed by atoms with E-state index < -0.39 is 9.76 Å². The van der Waals surface area contributed by atoms with Gasteiger partial charge in [-0.3, -0.25) is 0 Å². The van der Waals surface area contributed by atoms with Crippen molar-refractivity contribution in [3.05, 3.63) is 23.8 Å². The number of anilines is 1. The second-order valence-electron chi connectivity index (χ2n) is 5.91. The lowest BCUT2D eigenvalue weighted by Crippen LogP contribution is -2.24. The minimum atomic E-state index is -0.812. The van der Waals surface area contributed by atoms with Gasteiger partial charge in [-0.25, -0.2) is 4.79 Å². The van der Waals surface area contributed by atoms with E-state index in [0.717, 1.165) is 0 Å². The summed E-state index contributed by atoms with van der Waals surface area (Å²) >= 11 is 0. The molecule has 0 aliphatic rings. The van der Waals surface area contributed by atoms with Crippen molar-refractivity contribution < 1.29 is 14.0 Å². The Kier molecular flexibility index (Phi) is 5.62. The van der Waals surface area contributed by atoms with Gasteiger partial charge >= 0.3 is 5.97 Å². The molecular formula is C15H25NO3Si. The number of nitrogen functional groups attached to an aromatic ring is 1. The van der Waals surface area contributed by atoms with Gasteiger partial charge in [-0.05, 0) is 36.1 Å². The second kappa shape index (κ2) is 6.79. The number of nitrogens with two attached hydrogens (primary N) is 1. The van der Waals surface area contributed by atoms with E-state index in [-0.39, 0.29) is 11.0 Å². The largest absolute Gasteiger partial charge is 0.547 e. The Balaban J connectivity index is 2.85. The van der Waals surface area contributed by atoms with Crippen LogP contribution in [0.15, 0.2) is 18.2 Å². The third kappa shape index (κ3) is 4.26. The molecule has 112 valence electrons. The van der Waals surface area contributed by atoms with E-state index in [2.05, 4.69) is 27.7 Å². The van der Waals surface area contributed by atoms with Crippen LogP contribution in [-0.2, 0) is 4.74 Å². The van der Waals surface area contributed by atoms with Crippen LogP contribution < -0.4 is 10.2 Å². The van der Waals surface area contributed by atoms with Gasteiger partial charge in [0.15, 0.2) is 0 Å². The molecule has 20 heavy (non-hydrogen) atoms. The minimum absolute atomic E-state index is 0.173. The van der Waals surface area contributed by atoms with Gasteiger partial charge in [0.1, 0.15) is 5.75 Å². The van der Waals surface area contributed by atoms with Gasteiger partial charge in [-0.15, -0.1) is 0 Å². The van der Waals surface area contributed by atoms with Crippen LogP contribution in [0.4, 0.5) is 5.69 Å². The van der Waals surface area contributed by atoms with Crippen LogP contribution in [0.1, 0.15) is 45.0 Å². The van der Waals surface area contributed by atoms with Crippen LogP contribution >= 0.6 is 0 Å². The molecule has 0 radical (unpaired) electrons. The summed E-state index contributed by atoms with van der Waals surface area (Å²) in [6.07, 6.45) is 0. The molecule has 0 saturated heterocycles. The molecular weight excluding hydrogens is 270 g/mol. The van der Waals surface area contributed by atoms with E-state index in [1.807, 2.05) is 0 Å². The van der Waals surface area contributed by atoms with Crippen LogP contribution in [0.25, 0.3) is 0 Å². The second-order valence-corrected chi connectivity index (χ2v) is 8.30. The fourth-order valence-corrected chi connectivity index (χ4v) is 2.54. The maximum atomic E-state index is 11.7. The van der Waals surface area contributed by atoms with Crippen molar-refractivity contribution in [3.8, 4) is 5.75 Å². The number of hydrogen-bond acceptors (Lipinski definition) is 4. The Labute approximate surface area is 123 Å². The zero-order valence-electron chi connectivity index (χ0n) is 13.0. The van der Waals surface area contributed by atoms with E-state index in [1.165, 1.54) is 0 Å². The molecule has 0 atom stereocenters. The first-order chi connectivity index (χ1) is 9.27. The summed E-state index contributed by atoms with van der Waals surface area (Å²) in [5.74, 6) is 0.793. The van der Waals surface area contributed by atoms with E-state index in [9.17, 15) is 4.79 Å². The van der Waals surface area contributed by atoms with Gasteiger partial charge in [0.2, 0.25) is 9.76 Å². The van der Waals surface area contributed by atoms with Gasteiger partial charge in [0.25, 0.3) is 0 Å². The number of carbonyl (C=O) groups is 1. The summed E-state index contributed by atoms with van der Waals surface area (Å²) in [4.78, 5) is 11.7. The van der Waals surface area contributed by atoms with E-state index >= 15 is 0 Å². The summed E-state index contributed by atoms with van der Waals surface area (Å²) in [7, 11) is -0.812. The molecule has 0 unspecified atom stereocenters. The van der Waals surface area contributed by atoms with Gasteiger partial charge in [0, 0.05) is 0 Å². The first kappa shape index (κ1) is 16.6. The van der Waals surface area contributed by atoms with E-state index in [4.69, 9.17) is 14.9 Å². The highest BCUT2D eigenvalue weighted by molar-refractivity contribution is 6.33. The highest BCUT2D eigenvalue weighted by atomic mass is 28.2. The molecule has 5 heteroatoms. The van der Waals surface area contributed by atoms with Crippen molar-refractivity contribution in [1.82, 2.24) is 0 Å². The zero-order chi connectivity index (χ0) is 15.3. The smallest absolute Gasteiger partial charge is 0.338 e. The number of benzene rings is 1. The first-order valence-corrected chi connectivity index (χ1v) is 8.25. The third-order valence-corrected chi connectivity index (χ3v) is 5.70. The fraction of sp³-hybridized carbons (Fsp3) is 0.533. The fourth-order valence-electron chi connectivity index (χ4n) is 1.43. The Morgan fingerprint density at radius 2 is 2.05 bits per heavy atom. The predicted octanol–water partition coefficient (Wildman–Crippen LogP) is 2.76. The molecule has 1 rings (SSSR count). The lowest BCUT2D eigenvalue weighted by Gasteiger charge is -2.28. The first-order valence-electron chi connectivity index (χ1n) is 6.97. The average molecular weight is 295 g/mol. The summed E-state index contributed by atoms with van der Waals surface area (Å²) in [6.45, 7) is 10.9. The average Bonchev–Trinajstić information content (AvgIpc) is 2.37. The van der Waals surface area contributed by atoms with Crippen LogP contribution in [0, 0.1) is 5.92 Å². The molecule has 0 bridgehead atoms. The van der Waals surface area contributed by atoms with Gasteiger partial charge in [-0.1, -0.05) is 27.7 Å². The Hall–Kier alpha value is -1.49. The lowest BCUT2D eigenvalue weighted by atomic mass is 9.99. The van der Waals surface area contributed by atoms with E-state index in [0.29, 0.717) is 29.5 Å². The third-order valence-electron chi connectivity index (χ3n) is 3.69. The molecule has 0 heterocycles. The van der Waals surface area contributed by atoms with Crippen LogP contribution in [-0.4, -0.2) is 22.3 Å². The van der Waals surface area contributed by atoms with Gasteiger partial charge in [0.05, 0.1) is 17.9 Å². The Morgan fingerprint density at radius 1 is 1.40 bits per heavy atom. The molecule has 0 amide bonds. The monoisotopic (exact) mass is 295 g/mol. The summed E-state index contributed by atoms with van der Waals surface area (Å²) in [5.41, 5.74) is 6.95. The summed E-state index contributed by atoms with van der Waals surface area (Å²) in [5, 5.41) is 0.173. The molecule has 0 spiro atoms. The van der Waals surface area contributed by atoms with Crippen molar-refractivity contribution in [2.75, 3.05) is 12.3 Å². The minimum Gasteiger partial charge on any atom is -0.547 e. The van der Waals surface area contributed by atoms with Crippen molar-refractivity contribution >= 4 is 21.4 Å². The summed E-state index contributed by atoms with van der Waals surface area (Å²) in [6, 6.07) is 5.03. The zero-order valence-corrected chi connectivity index (χ0v) is 14.4. The number of carbonyl (C=O) groups excluding carboxylic acids is 1. The molecule has 2 N–H and O–H groups in total. The standard InChI is InChI=1S/C15H25NO3Si/c1-6-18-14(17)11-7-8-12(16)13(9-11)19-20-15(4,5)10(2)3/h7-10H,6,16,20H2,1-5H3. The predicted molar refractivity (Wildman–Crippen MR) is 84.9 cm³/mol. The topological polar surface area (TPSA) is 61.5 Å². The van der Waals surface area contributed by atoms with Crippen LogP contribution in [0.5, 0.6) is 5.75 Å². The molecule has 1 aromatic rings. The molecule has 1 aromatic carbocycles. The summed E-state index contributed by atoms with van der Waals surface area (Å²) < 4.78 is 10.9. The molecule has 4 nitrogen and oxygen atoms in total. The van der Waals surface area contributed by atoms with Crippen LogP contribution in [0.3, 0.4) is 0 Å². The Morgan fingerprint density at radius 3 is 2.60 bits per heavy atom. The highest BCUT2D eigenvalue weighted by Crippen LogP contribution is 2.34. The number of esters is 1. The van der Waals surface area contributed by atoms with E-state index in [1.54, 1.807) is 25.1 Å². The van der Waals surface area contributed by atoms with Crippen LogP contribution in [0.2, 0.25) is 5.04 Å². The van der Waals surface area contributed by atoms with Gasteiger partial charge in [-0.2, -0.15) is 0 Å². The van der Waals surface area contributed by atoms with Crippen molar-refractivity contribution in [2.24, 2.45) is 5.92 Å². The highest BCUT2D eigenvalue weighted by Gasteiger charge is 2.25.